The number of hydrogen-bond acceptors (Lipinski definition) is 9. The summed E-state index contributed by atoms with van der Waals surface area (Å²) in [6, 6.07) is 91.9. The standard InChI is InChI=1S/C74H53N9/c1-48-44-49(2)67(50(3)45-48)68-57(74-80-72(55-34-18-8-19-35-55)79-73(81-74)56-36-20-9-21-37-56)42-43-65(69(68)60-46-58(51-26-10-4-11-27-51)75-70(77-60)53-30-14-6-15-31-53)82-61-38-22-24-40-63(61)83(64-41-25-23-39-62(64)82)66-47-59(52-28-12-5-13-29-52)76-71(78-66)54-32-16-7-17-33-54/h4-47H,1-3H3. The van der Waals surface area contributed by atoms with Crippen LogP contribution in [0.2, 0.25) is 0 Å². The summed E-state index contributed by atoms with van der Waals surface area (Å²) in [6.45, 7) is 6.57. The third kappa shape index (κ3) is 9.55. The van der Waals surface area contributed by atoms with Gasteiger partial charge in [-0.05, 0) is 79.9 Å². The first kappa shape index (κ1) is 50.2. The first-order valence-corrected chi connectivity index (χ1v) is 27.8. The molecular weight excluding hydrogens is 1010 g/mol. The number of hydrogen-bond donors (Lipinski definition) is 0. The van der Waals surface area contributed by atoms with Gasteiger partial charge in [-0.15, -0.1) is 0 Å². The van der Waals surface area contributed by atoms with E-state index in [9.17, 15) is 0 Å². The van der Waals surface area contributed by atoms with Crippen molar-refractivity contribution in [1.82, 2.24) is 34.9 Å². The van der Waals surface area contributed by atoms with Gasteiger partial charge in [-0.1, -0.05) is 224 Å². The lowest BCUT2D eigenvalue weighted by Crippen LogP contribution is -2.25. The van der Waals surface area contributed by atoms with Gasteiger partial charge in [-0.2, -0.15) is 0 Å². The van der Waals surface area contributed by atoms with E-state index >= 15 is 0 Å². The molecule has 9 heteroatoms. The van der Waals surface area contributed by atoms with E-state index < -0.39 is 0 Å². The van der Waals surface area contributed by atoms with Crippen LogP contribution in [0.5, 0.6) is 0 Å². The minimum atomic E-state index is 0.526. The molecule has 0 atom stereocenters. The van der Waals surface area contributed by atoms with Crippen LogP contribution in [0.3, 0.4) is 0 Å². The SMILES string of the molecule is Cc1cc(C)c(-c2c(-c3nc(-c4ccccc4)nc(-c4ccccc4)n3)ccc(N3c4ccccc4N(c4cc(-c5ccccc5)nc(-c5ccccc5)n4)c4ccccc43)c2-c2cc(-c3ccccc3)nc(-c3ccccc3)n2)c(C)c1. The Balaban J connectivity index is 1.10. The second-order valence-electron chi connectivity index (χ2n) is 20.7. The maximum atomic E-state index is 5.72. The monoisotopic (exact) mass is 1070 g/mol. The molecule has 0 saturated heterocycles. The van der Waals surface area contributed by atoms with Crippen molar-refractivity contribution >= 4 is 34.3 Å². The Hall–Kier alpha value is -11.0. The van der Waals surface area contributed by atoms with E-state index in [1.807, 2.05) is 97.1 Å². The maximum Gasteiger partial charge on any atom is 0.164 e. The second-order valence-corrected chi connectivity index (χ2v) is 20.7. The molecule has 4 heterocycles. The molecule has 0 radical (unpaired) electrons. The van der Waals surface area contributed by atoms with Crippen LogP contribution >= 0.6 is 0 Å². The number of para-hydroxylation sites is 4. The van der Waals surface area contributed by atoms with Gasteiger partial charge >= 0.3 is 0 Å². The van der Waals surface area contributed by atoms with Gasteiger partial charge in [0.05, 0.1) is 45.5 Å². The zero-order valence-corrected chi connectivity index (χ0v) is 45.9. The first-order valence-electron chi connectivity index (χ1n) is 27.8. The Morgan fingerprint density at radius 2 is 0.590 bits per heavy atom. The minimum absolute atomic E-state index is 0.526. The Labute approximate surface area is 482 Å². The van der Waals surface area contributed by atoms with E-state index in [2.05, 4.69) is 200 Å². The zero-order chi connectivity index (χ0) is 55.8. The fraction of sp³-hybridized carbons (Fsp3) is 0.0405. The maximum absolute atomic E-state index is 5.72. The molecule has 0 amide bonds. The van der Waals surface area contributed by atoms with Crippen LogP contribution < -0.4 is 9.80 Å². The number of fused-ring (bicyclic) bond motifs is 2. The van der Waals surface area contributed by atoms with E-state index in [0.717, 1.165) is 124 Å². The van der Waals surface area contributed by atoms with Gasteiger partial charge in [0.2, 0.25) is 0 Å². The summed E-state index contributed by atoms with van der Waals surface area (Å²) in [7, 11) is 0. The van der Waals surface area contributed by atoms with Crippen molar-refractivity contribution in [2.45, 2.75) is 20.8 Å². The van der Waals surface area contributed by atoms with Gasteiger partial charge in [0.15, 0.2) is 29.1 Å². The summed E-state index contributed by atoms with van der Waals surface area (Å²) in [5.41, 5.74) is 19.5. The Kier molecular flexibility index (Phi) is 13.0. The average Bonchev–Trinajstić information content (AvgIpc) is 3.10. The van der Waals surface area contributed by atoms with Crippen LogP contribution in [0, 0.1) is 20.8 Å². The topological polar surface area (TPSA) is 96.7 Å². The van der Waals surface area contributed by atoms with E-state index in [1.54, 1.807) is 0 Å². The van der Waals surface area contributed by atoms with Crippen molar-refractivity contribution in [2.24, 2.45) is 0 Å². The molecule has 10 aromatic carbocycles. The molecule has 0 spiro atoms. The van der Waals surface area contributed by atoms with E-state index in [1.165, 1.54) is 0 Å². The highest BCUT2D eigenvalue weighted by molar-refractivity contribution is 6.08. The van der Waals surface area contributed by atoms with Crippen LogP contribution in [0.1, 0.15) is 16.7 Å². The average molecular weight is 1070 g/mol. The highest BCUT2D eigenvalue weighted by Crippen LogP contribution is 2.58. The van der Waals surface area contributed by atoms with Crippen LogP contribution in [0.4, 0.5) is 34.3 Å². The van der Waals surface area contributed by atoms with Gasteiger partial charge in [-0.3, -0.25) is 4.90 Å². The van der Waals surface area contributed by atoms with E-state index in [0.29, 0.717) is 29.1 Å². The largest absolute Gasteiger partial charge is 0.306 e. The molecular formula is C74H53N9. The van der Waals surface area contributed by atoms with Gasteiger partial charge in [0.25, 0.3) is 0 Å². The molecule has 3 aromatic heterocycles. The quantitative estimate of drug-likeness (QED) is 0.125. The number of anilines is 6. The fourth-order valence-corrected chi connectivity index (χ4v) is 11.5. The molecule has 0 bridgehead atoms. The van der Waals surface area contributed by atoms with Gasteiger partial charge in [0, 0.05) is 56.1 Å². The van der Waals surface area contributed by atoms with Gasteiger partial charge < -0.3 is 4.90 Å². The third-order valence-corrected chi connectivity index (χ3v) is 15.1. The van der Waals surface area contributed by atoms with Crippen molar-refractivity contribution < 1.29 is 0 Å². The third-order valence-electron chi connectivity index (χ3n) is 15.1. The van der Waals surface area contributed by atoms with Crippen molar-refractivity contribution in [2.75, 3.05) is 9.80 Å². The molecule has 83 heavy (non-hydrogen) atoms. The Morgan fingerprint density at radius 1 is 0.241 bits per heavy atom. The van der Waals surface area contributed by atoms with Crippen LogP contribution in [-0.4, -0.2) is 34.9 Å². The van der Waals surface area contributed by atoms with Crippen molar-refractivity contribution in [3.8, 4) is 102 Å². The van der Waals surface area contributed by atoms with E-state index in [4.69, 9.17) is 34.9 Å². The molecule has 1 aliphatic heterocycles. The van der Waals surface area contributed by atoms with Crippen molar-refractivity contribution in [1.29, 1.82) is 0 Å². The summed E-state index contributed by atoms with van der Waals surface area (Å²) < 4.78 is 0. The highest BCUT2D eigenvalue weighted by Gasteiger charge is 2.35. The van der Waals surface area contributed by atoms with Crippen molar-refractivity contribution in [3.63, 3.8) is 0 Å². The second kappa shape index (κ2) is 21.6. The molecule has 9 nitrogen and oxygen atoms in total. The first-order chi connectivity index (χ1) is 40.9. The molecule has 13 aromatic rings. The lowest BCUT2D eigenvalue weighted by atomic mass is 9.84. The molecule has 394 valence electrons. The molecule has 14 rings (SSSR count). The van der Waals surface area contributed by atoms with Crippen LogP contribution in [-0.2, 0) is 0 Å². The predicted molar refractivity (Wildman–Crippen MR) is 337 cm³/mol. The highest BCUT2D eigenvalue weighted by atomic mass is 15.3. The van der Waals surface area contributed by atoms with Gasteiger partial charge in [0.1, 0.15) is 5.82 Å². The Bertz CT molecular complexity index is 4280. The normalized spacial score (nSPS) is 11.7. The smallest absolute Gasteiger partial charge is 0.164 e. The summed E-state index contributed by atoms with van der Waals surface area (Å²) in [5.74, 6) is 3.61. The molecule has 0 N–H and O–H groups in total. The minimum Gasteiger partial charge on any atom is -0.306 e. The van der Waals surface area contributed by atoms with Crippen LogP contribution in [0.25, 0.3) is 102 Å². The van der Waals surface area contributed by atoms with Crippen molar-refractivity contribution in [3.05, 3.63) is 284 Å². The molecule has 1 aliphatic rings. The number of rotatable bonds is 11. The Morgan fingerprint density at radius 3 is 1.04 bits per heavy atom. The number of nitrogens with zero attached hydrogens (tertiary/aromatic N) is 9. The van der Waals surface area contributed by atoms with E-state index in [-0.39, 0.29) is 0 Å². The molecule has 0 unspecified atom stereocenters. The number of aryl methyl sites for hydroxylation is 3. The summed E-state index contributed by atoms with van der Waals surface area (Å²) >= 11 is 0. The summed E-state index contributed by atoms with van der Waals surface area (Å²) in [6.07, 6.45) is 0. The summed E-state index contributed by atoms with van der Waals surface area (Å²) in [5, 5.41) is 0. The molecule has 0 fully saturated rings. The fourth-order valence-electron chi connectivity index (χ4n) is 11.5. The number of aromatic nitrogens is 7. The predicted octanol–water partition coefficient (Wildman–Crippen LogP) is 18.6. The van der Waals surface area contributed by atoms with Crippen LogP contribution in [0.15, 0.2) is 267 Å². The molecule has 0 aliphatic carbocycles. The van der Waals surface area contributed by atoms with Gasteiger partial charge in [-0.25, -0.2) is 34.9 Å². The lowest BCUT2D eigenvalue weighted by molar-refractivity contribution is 1.07. The lowest BCUT2D eigenvalue weighted by Gasteiger charge is -2.41. The summed E-state index contributed by atoms with van der Waals surface area (Å²) in [4.78, 5) is 42.5. The number of benzene rings is 10. The molecule has 0 saturated carbocycles. The zero-order valence-electron chi connectivity index (χ0n) is 45.9.